The van der Waals surface area contributed by atoms with E-state index in [0.717, 1.165) is 17.6 Å². The van der Waals surface area contributed by atoms with Crippen LogP contribution in [-0.4, -0.2) is 51.7 Å². The van der Waals surface area contributed by atoms with Gasteiger partial charge in [0, 0.05) is 17.9 Å². The zero-order chi connectivity index (χ0) is 23.1. The summed E-state index contributed by atoms with van der Waals surface area (Å²) in [5.41, 5.74) is 0.607. The van der Waals surface area contributed by atoms with Gasteiger partial charge in [0.2, 0.25) is 5.60 Å². The van der Waals surface area contributed by atoms with Gasteiger partial charge in [-0.1, -0.05) is 44.1 Å². The van der Waals surface area contributed by atoms with Crippen LogP contribution in [0.2, 0.25) is 0 Å². The van der Waals surface area contributed by atoms with Crippen molar-refractivity contribution in [2.75, 3.05) is 0 Å². The van der Waals surface area contributed by atoms with Gasteiger partial charge in [-0.05, 0) is 44.9 Å². The zero-order valence-corrected chi connectivity index (χ0v) is 19.1. The Kier molecular flexibility index (Phi) is 6.77. The highest BCUT2D eigenvalue weighted by atomic mass is 16.6. The van der Waals surface area contributed by atoms with Crippen LogP contribution >= 0.6 is 0 Å². The molecule has 0 aromatic carbocycles. The molecule has 172 valence electrons. The molecule has 1 aliphatic carbocycles. The van der Waals surface area contributed by atoms with Crippen molar-refractivity contribution in [3.8, 4) is 0 Å². The number of hydrogen-bond donors (Lipinski definition) is 3. The quantitative estimate of drug-likeness (QED) is 0.454. The second kappa shape index (κ2) is 8.87. The van der Waals surface area contributed by atoms with Gasteiger partial charge in [0.25, 0.3) is 5.91 Å². The maximum Gasteiger partial charge on any atom is 0.310 e. The van der Waals surface area contributed by atoms with Crippen LogP contribution in [0.5, 0.6) is 0 Å². The number of esters is 1. The van der Waals surface area contributed by atoms with Crippen molar-refractivity contribution in [3.05, 3.63) is 23.3 Å². The number of rotatable bonds is 2. The lowest BCUT2D eigenvalue weighted by Crippen LogP contribution is -2.56. The van der Waals surface area contributed by atoms with Crippen LogP contribution in [0.4, 0.5) is 0 Å². The molecule has 3 N–H and O–H groups in total. The van der Waals surface area contributed by atoms with E-state index >= 15 is 0 Å². The van der Waals surface area contributed by atoms with Crippen LogP contribution in [-0.2, 0) is 19.1 Å². The molecular formula is C24H35NO6. The third-order valence-electron chi connectivity index (χ3n) is 7.10. The molecule has 0 aromatic heterocycles. The summed E-state index contributed by atoms with van der Waals surface area (Å²) in [5, 5.41) is 23.4. The Morgan fingerprint density at radius 1 is 1.16 bits per heavy atom. The molecule has 0 radical (unpaired) electrons. The van der Waals surface area contributed by atoms with E-state index in [1.54, 1.807) is 0 Å². The molecule has 7 atom stereocenters. The van der Waals surface area contributed by atoms with Gasteiger partial charge in [0.1, 0.15) is 12.2 Å². The number of carbonyl (C=O) groups is 3. The number of aliphatic hydroxyl groups excluding tert-OH is 2. The monoisotopic (exact) mass is 433 g/mol. The number of hydrogen-bond acceptors (Lipinski definition) is 6. The SMILES string of the molecule is CC1=C[C@H]2C=C(C)[C@@H](C)[C@H]3[C@H](CC(C)C)NC(=O)[C@@]23OC(=O)C[C@H](O)C(=O)[C@H](O)CC1. The third-order valence-corrected chi connectivity index (χ3v) is 7.10. The van der Waals surface area contributed by atoms with Crippen molar-refractivity contribution in [1.29, 1.82) is 0 Å². The number of carbonyl (C=O) groups excluding carboxylic acids is 3. The first-order valence-electron chi connectivity index (χ1n) is 11.3. The molecule has 2 aliphatic heterocycles. The van der Waals surface area contributed by atoms with E-state index in [9.17, 15) is 24.6 Å². The van der Waals surface area contributed by atoms with E-state index in [-0.39, 0.29) is 30.2 Å². The van der Waals surface area contributed by atoms with Crippen LogP contribution in [0, 0.1) is 23.7 Å². The van der Waals surface area contributed by atoms with E-state index < -0.39 is 41.9 Å². The molecule has 3 aliphatic rings. The van der Waals surface area contributed by atoms with E-state index in [0.29, 0.717) is 12.3 Å². The Bertz CT molecular complexity index is 815. The van der Waals surface area contributed by atoms with Crippen molar-refractivity contribution >= 4 is 17.7 Å². The molecular weight excluding hydrogens is 398 g/mol. The van der Waals surface area contributed by atoms with Gasteiger partial charge in [-0.25, -0.2) is 0 Å². The minimum absolute atomic E-state index is 0.0155. The largest absolute Gasteiger partial charge is 0.447 e. The third kappa shape index (κ3) is 4.35. The summed E-state index contributed by atoms with van der Waals surface area (Å²) in [6.45, 7) is 10.2. The summed E-state index contributed by atoms with van der Waals surface area (Å²) in [6, 6.07) is -0.142. The highest BCUT2D eigenvalue weighted by Gasteiger charge is 2.64. The predicted molar refractivity (Wildman–Crippen MR) is 115 cm³/mol. The normalized spacial score (nSPS) is 39.4. The molecule has 7 heteroatoms. The molecule has 3 rings (SSSR count). The van der Waals surface area contributed by atoms with Gasteiger partial charge >= 0.3 is 5.97 Å². The first kappa shape index (κ1) is 23.7. The second-order valence-corrected chi connectivity index (χ2v) is 9.92. The van der Waals surface area contributed by atoms with Crippen LogP contribution < -0.4 is 5.32 Å². The molecule has 0 saturated carbocycles. The lowest BCUT2D eigenvalue weighted by Gasteiger charge is -2.45. The van der Waals surface area contributed by atoms with Gasteiger partial charge in [0.15, 0.2) is 5.78 Å². The molecule has 1 fully saturated rings. The lowest BCUT2D eigenvalue weighted by atomic mass is 9.63. The molecule has 1 spiro atoms. The summed E-state index contributed by atoms with van der Waals surface area (Å²) in [5.74, 6) is -2.28. The summed E-state index contributed by atoms with van der Waals surface area (Å²) >= 11 is 0. The molecule has 1 saturated heterocycles. The fourth-order valence-electron chi connectivity index (χ4n) is 5.43. The number of allylic oxidation sites excluding steroid dienone is 2. The minimum atomic E-state index is -1.66. The van der Waals surface area contributed by atoms with Gasteiger partial charge in [0.05, 0.1) is 6.42 Å². The highest BCUT2D eigenvalue weighted by molar-refractivity contribution is 5.94. The average Bonchev–Trinajstić information content (AvgIpc) is 2.94. The van der Waals surface area contributed by atoms with Crippen molar-refractivity contribution in [3.63, 3.8) is 0 Å². The van der Waals surface area contributed by atoms with E-state index in [1.807, 2.05) is 26.0 Å². The van der Waals surface area contributed by atoms with Crippen molar-refractivity contribution in [1.82, 2.24) is 5.32 Å². The smallest absolute Gasteiger partial charge is 0.310 e. The summed E-state index contributed by atoms with van der Waals surface area (Å²) in [7, 11) is 0. The number of ether oxygens (including phenoxy) is 1. The molecule has 2 heterocycles. The average molecular weight is 434 g/mol. The molecule has 7 nitrogen and oxygen atoms in total. The van der Waals surface area contributed by atoms with Gasteiger partial charge < -0.3 is 20.3 Å². The number of amides is 1. The Morgan fingerprint density at radius 2 is 1.84 bits per heavy atom. The minimum Gasteiger partial charge on any atom is -0.447 e. The van der Waals surface area contributed by atoms with Crippen molar-refractivity contribution in [2.45, 2.75) is 84.2 Å². The first-order valence-corrected chi connectivity index (χ1v) is 11.3. The molecule has 0 unspecified atom stereocenters. The molecule has 31 heavy (non-hydrogen) atoms. The standard InChI is InChI=1S/C24H35NO6/c1-12(2)8-17-21-15(5)14(4)10-16-9-13(3)6-7-18(26)22(29)19(27)11-20(28)31-24(16,21)23(30)25-17/h9-10,12,15-19,21,26-27H,6-8,11H2,1-5H3,(H,25,30)/t15-,16+,17+,18-,19+,21+,24-/m1/s1. The first-order chi connectivity index (χ1) is 14.5. The number of ketones is 1. The Hall–Kier alpha value is -1.99. The number of nitrogens with one attached hydrogen (secondary N) is 1. The Labute approximate surface area is 183 Å². The Balaban J connectivity index is 2.13. The van der Waals surface area contributed by atoms with Crippen LogP contribution in [0.1, 0.15) is 60.3 Å². The van der Waals surface area contributed by atoms with Gasteiger partial charge in [-0.15, -0.1) is 0 Å². The molecule has 1 amide bonds. The maximum absolute atomic E-state index is 13.5. The van der Waals surface area contributed by atoms with Gasteiger partial charge in [-0.2, -0.15) is 0 Å². The van der Waals surface area contributed by atoms with Gasteiger partial charge in [-0.3, -0.25) is 14.4 Å². The lowest BCUT2D eigenvalue weighted by molar-refractivity contribution is -0.179. The van der Waals surface area contributed by atoms with Crippen LogP contribution in [0.25, 0.3) is 0 Å². The highest BCUT2D eigenvalue weighted by Crippen LogP contribution is 2.51. The van der Waals surface area contributed by atoms with Crippen LogP contribution in [0.15, 0.2) is 23.3 Å². The fourth-order valence-corrected chi connectivity index (χ4v) is 5.43. The summed E-state index contributed by atoms with van der Waals surface area (Å²) in [6.07, 6.45) is 1.69. The fraction of sp³-hybridized carbons (Fsp3) is 0.708. The Morgan fingerprint density at radius 3 is 2.48 bits per heavy atom. The molecule has 0 aromatic rings. The second-order valence-electron chi connectivity index (χ2n) is 9.92. The summed E-state index contributed by atoms with van der Waals surface area (Å²) < 4.78 is 5.95. The topological polar surface area (TPSA) is 113 Å². The maximum atomic E-state index is 13.5. The van der Waals surface area contributed by atoms with E-state index in [4.69, 9.17) is 4.74 Å². The molecule has 0 bridgehead atoms. The van der Waals surface area contributed by atoms with E-state index in [1.165, 1.54) is 0 Å². The summed E-state index contributed by atoms with van der Waals surface area (Å²) in [4.78, 5) is 38.6. The number of aliphatic hydroxyl groups is 2. The van der Waals surface area contributed by atoms with E-state index in [2.05, 4.69) is 26.1 Å². The number of Topliss-reactive ketones (excluding diaryl/α,β-unsaturated/α-hetero) is 1. The predicted octanol–water partition coefficient (Wildman–Crippen LogP) is 2.06. The van der Waals surface area contributed by atoms with Crippen LogP contribution in [0.3, 0.4) is 0 Å². The zero-order valence-electron chi connectivity index (χ0n) is 19.1. The van der Waals surface area contributed by atoms with Crippen molar-refractivity contribution < 1.29 is 29.3 Å². The van der Waals surface area contributed by atoms with Crippen molar-refractivity contribution in [2.24, 2.45) is 23.7 Å².